The number of carbonyl (C=O) groups excluding carboxylic acids is 1. The Hall–Kier alpha value is -2.25. The molecule has 1 aliphatic carbocycles. The summed E-state index contributed by atoms with van der Waals surface area (Å²) in [6, 6.07) is 14.1. The molecule has 2 aromatic carbocycles. The van der Waals surface area contributed by atoms with Crippen LogP contribution in [0.2, 0.25) is 0 Å². The Morgan fingerprint density at radius 3 is 2.68 bits per heavy atom. The molecule has 1 aromatic heterocycles. The Labute approximate surface area is 207 Å². The molecule has 31 heavy (non-hydrogen) atoms. The van der Waals surface area contributed by atoms with Gasteiger partial charge in [-0.3, -0.25) is 4.79 Å². The number of aromatic carboxylic acids is 1. The summed E-state index contributed by atoms with van der Waals surface area (Å²) < 4.78 is 0. The van der Waals surface area contributed by atoms with Crippen molar-refractivity contribution in [1.82, 2.24) is 4.98 Å². The molecule has 7 heteroatoms. The van der Waals surface area contributed by atoms with Crippen molar-refractivity contribution >= 4 is 70.6 Å². The third-order valence-corrected chi connectivity index (χ3v) is 6.08. The SMILES string of the molecule is O=C(Cc1ccccc1C(=O)O)Nc1cccc(C=Cc2nc(C3CCC3)cs2)c1.[NaH]. The predicted octanol–water partition coefficient (Wildman–Crippen LogP) is 4.81. The van der Waals surface area contributed by atoms with Crippen LogP contribution in [-0.4, -0.2) is 51.5 Å². The summed E-state index contributed by atoms with van der Waals surface area (Å²) in [6.07, 6.45) is 7.77. The fraction of sp³-hybridized carbons (Fsp3) is 0.208. The van der Waals surface area contributed by atoms with Crippen LogP contribution in [0.25, 0.3) is 12.2 Å². The molecule has 0 bridgehead atoms. The molecular formula is C24H23N2NaO3S. The van der Waals surface area contributed by atoms with Crippen LogP contribution >= 0.6 is 11.3 Å². The number of amides is 1. The van der Waals surface area contributed by atoms with Crippen molar-refractivity contribution in [1.29, 1.82) is 0 Å². The van der Waals surface area contributed by atoms with Gasteiger partial charge in [0.1, 0.15) is 5.01 Å². The van der Waals surface area contributed by atoms with Gasteiger partial charge in [-0.05, 0) is 48.2 Å². The Bertz CT molecular complexity index is 1110. The van der Waals surface area contributed by atoms with E-state index in [4.69, 9.17) is 4.98 Å². The number of hydrogen-bond acceptors (Lipinski definition) is 4. The summed E-state index contributed by atoms with van der Waals surface area (Å²) in [5.74, 6) is -0.656. The number of hydrogen-bond donors (Lipinski definition) is 2. The minimum absolute atomic E-state index is 0. The first-order chi connectivity index (χ1) is 14.6. The van der Waals surface area contributed by atoms with Crippen LogP contribution in [0.1, 0.15) is 57.4 Å². The van der Waals surface area contributed by atoms with Crippen LogP contribution in [0.4, 0.5) is 5.69 Å². The Balaban J connectivity index is 0.00000272. The normalized spacial score (nSPS) is 13.4. The average molecular weight is 443 g/mol. The van der Waals surface area contributed by atoms with E-state index in [-0.39, 0.29) is 47.4 Å². The molecule has 0 atom stereocenters. The van der Waals surface area contributed by atoms with E-state index in [9.17, 15) is 14.7 Å². The number of carboxylic acids is 1. The molecule has 3 aromatic rings. The van der Waals surface area contributed by atoms with Crippen molar-refractivity contribution in [2.75, 3.05) is 5.32 Å². The molecule has 1 saturated carbocycles. The number of benzene rings is 2. The number of thiazole rings is 1. The molecule has 0 unspecified atom stereocenters. The molecule has 2 N–H and O–H groups in total. The van der Waals surface area contributed by atoms with Gasteiger partial charge in [0.2, 0.25) is 5.91 Å². The monoisotopic (exact) mass is 442 g/mol. The zero-order valence-electron chi connectivity index (χ0n) is 16.4. The molecular weight excluding hydrogens is 419 g/mol. The molecule has 1 fully saturated rings. The van der Waals surface area contributed by atoms with E-state index in [0.29, 0.717) is 17.2 Å². The van der Waals surface area contributed by atoms with Gasteiger partial charge in [0.05, 0.1) is 17.7 Å². The first-order valence-electron chi connectivity index (χ1n) is 9.93. The standard InChI is InChI=1S/C24H22N2O3S.Na.H/c27-22(14-18-6-1-2-10-20(18)24(28)29)25-19-9-3-5-16(13-19)11-12-23-26-21(15-30-23)17-7-4-8-17;;/h1-3,5-6,9-13,15,17H,4,7-8,14H2,(H,25,27)(H,28,29);;. The zero-order valence-corrected chi connectivity index (χ0v) is 17.2. The van der Waals surface area contributed by atoms with E-state index in [0.717, 1.165) is 10.6 Å². The molecule has 5 nitrogen and oxygen atoms in total. The van der Waals surface area contributed by atoms with Crippen molar-refractivity contribution in [3.8, 4) is 0 Å². The van der Waals surface area contributed by atoms with Crippen LogP contribution in [0, 0.1) is 0 Å². The van der Waals surface area contributed by atoms with Crippen LogP contribution in [0.3, 0.4) is 0 Å². The number of nitrogens with zero attached hydrogens (tertiary/aromatic N) is 1. The van der Waals surface area contributed by atoms with Crippen LogP contribution in [0.5, 0.6) is 0 Å². The van der Waals surface area contributed by atoms with E-state index in [1.54, 1.807) is 29.5 Å². The van der Waals surface area contributed by atoms with Crippen molar-refractivity contribution < 1.29 is 14.7 Å². The van der Waals surface area contributed by atoms with Crippen molar-refractivity contribution in [2.24, 2.45) is 0 Å². The van der Waals surface area contributed by atoms with E-state index in [1.165, 1.54) is 31.0 Å². The zero-order chi connectivity index (χ0) is 20.9. The number of rotatable bonds is 7. The number of nitrogens with one attached hydrogen (secondary N) is 1. The van der Waals surface area contributed by atoms with E-state index >= 15 is 0 Å². The Morgan fingerprint density at radius 1 is 1.13 bits per heavy atom. The predicted molar refractivity (Wildman–Crippen MR) is 127 cm³/mol. The molecule has 154 valence electrons. The van der Waals surface area contributed by atoms with Crippen LogP contribution < -0.4 is 5.32 Å². The minimum atomic E-state index is -1.03. The maximum absolute atomic E-state index is 12.4. The van der Waals surface area contributed by atoms with Crippen molar-refractivity contribution in [3.05, 3.63) is 81.3 Å². The summed E-state index contributed by atoms with van der Waals surface area (Å²) in [5.41, 5.74) is 3.47. The van der Waals surface area contributed by atoms with Gasteiger partial charge in [0, 0.05) is 17.0 Å². The molecule has 0 spiro atoms. The van der Waals surface area contributed by atoms with E-state index in [1.807, 2.05) is 36.4 Å². The number of aromatic nitrogens is 1. The fourth-order valence-electron chi connectivity index (χ4n) is 3.42. The third-order valence-electron chi connectivity index (χ3n) is 5.25. The van der Waals surface area contributed by atoms with Crippen LogP contribution in [0.15, 0.2) is 53.9 Å². The van der Waals surface area contributed by atoms with Gasteiger partial charge in [0.25, 0.3) is 0 Å². The fourth-order valence-corrected chi connectivity index (χ4v) is 4.21. The Morgan fingerprint density at radius 2 is 1.94 bits per heavy atom. The van der Waals surface area contributed by atoms with Gasteiger partial charge in [-0.25, -0.2) is 9.78 Å². The summed E-state index contributed by atoms with van der Waals surface area (Å²) in [5, 5.41) is 15.2. The first-order valence-corrected chi connectivity index (χ1v) is 10.8. The molecule has 0 aliphatic heterocycles. The van der Waals surface area contributed by atoms with Gasteiger partial charge in [-0.1, -0.05) is 42.8 Å². The summed E-state index contributed by atoms with van der Waals surface area (Å²) in [4.78, 5) is 28.4. The first kappa shape index (κ1) is 23.4. The Kier molecular flexibility index (Phi) is 8.21. The van der Waals surface area contributed by atoms with Gasteiger partial charge in [-0.15, -0.1) is 11.3 Å². The summed E-state index contributed by atoms with van der Waals surface area (Å²) in [6.45, 7) is 0. The average Bonchev–Trinajstić information content (AvgIpc) is 3.14. The number of anilines is 1. The molecule has 0 saturated heterocycles. The van der Waals surface area contributed by atoms with Gasteiger partial charge in [0.15, 0.2) is 0 Å². The third kappa shape index (κ3) is 6.14. The quantitative estimate of drug-likeness (QED) is 0.515. The second-order valence-corrected chi connectivity index (χ2v) is 8.27. The second-order valence-electron chi connectivity index (χ2n) is 7.38. The second kappa shape index (κ2) is 10.9. The molecule has 1 aliphatic rings. The summed E-state index contributed by atoms with van der Waals surface area (Å²) in [7, 11) is 0. The number of carbonyl (C=O) groups is 2. The van der Waals surface area contributed by atoms with Crippen LogP contribution in [-0.2, 0) is 11.2 Å². The topological polar surface area (TPSA) is 79.3 Å². The van der Waals surface area contributed by atoms with Gasteiger partial charge in [-0.2, -0.15) is 0 Å². The molecule has 0 radical (unpaired) electrons. The maximum atomic E-state index is 12.4. The summed E-state index contributed by atoms with van der Waals surface area (Å²) >= 11 is 1.65. The van der Waals surface area contributed by atoms with Gasteiger partial charge < -0.3 is 10.4 Å². The molecule has 1 amide bonds. The van der Waals surface area contributed by atoms with E-state index in [2.05, 4.69) is 10.7 Å². The molecule has 1 heterocycles. The van der Waals surface area contributed by atoms with Gasteiger partial charge >= 0.3 is 35.5 Å². The number of carboxylic acid groups (broad SMARTS) is 1. The van der Waals surface area contributed by atoms with Crippen molar-refractivity contribution in [3.63, 3.8) is 0 Å². The molecule has 4 rings (SSSR count). The van der Waals surface area contributed by atoms with E-state index < -0.39 is 5.97 Å². The van der Waals surface area contributed by atoms with Crippen molar-refractivity contribution in [2.45, 2.75) is 31.6 Å².